The number of para-hydroxylation sites is 2. The van der Waals surface area contributed by atoms with E-state index in [1.54, 1.807) is 13.3 Å². The van der Waals surface area contributed by atoms with Crippen LogP contribution in [0.2, 0.25) is 0 Å². The van der Waals surface area contributed by atoms with Crippen molar-refractivity contribution in [1.29, 1.82) is 0 Å². The third kappa shape index (κ3) is 3.85. The average Bonchev–Trinajstić information content (AvgIpc) is 2.92. The lowest BCUT2D eigenvalue weighted by molar-refractivity contribution is 0.102. The summed E-state index contributed by atoms with van der Waals surface area (Å²) in [6.45, 7) is 2.08. The zero-order valence-corrected chi connectivity index (χ0v) is 14.0. The van der Waals surface area contributed by atoms with Crippen LogP contribution in [0.5, 0.6) is 5.75 Å². The van der Waals surface area contributed by atoms with E-state index in [1.165, 1.54) is 25.7 Å². The van der Waals surface area contributed by atoms with Crippen molar-refractivity contribution in [3.05, 3.63) is 48.3 Å². The lowest BCUT2D eigenvalue weighted by atomic mass is 10.2. The summed E-state index contributed by atoms with van der Waals surface area (Å²) >= 11 is 0. The number of hydrogen-bond acceptors (Lipinski definition) is 4. The van der Waals surface area contributed by atoms with Crippen LogP contribution in [0.1, 0.15) is 36.2 Å². The number of rotatable bonds is 4. The highest BCUT2D eigenvalue weighted by atomic mass is 16.5. The van der Waals surface area contributed by atoms with E-state index in [4.69, 9.17) is 4.74 Å². The molecule has 0 spiro atoms. The van der Waals surface area contributed by atoms with Crippen LogP contribution in [-0.4, -0.2) is 31.1 Å². The molecule has 0 bridgehead atoms. The molecule has 1 aromatic carbocycles. The van der Waals surface area contributed by atoms with Gasteiger partial charge in [0.2, 0.25) is 0 Å². The Morgan fingerprint density at radius 2 is 1.88 bits per heavy atom. The van der Waals surface area contributed by atoms with E-state index in [9.17, 15) is 4.79 Å². The second kappa shape index (κ2) is 7.81. The van der Waals surface area contributed by atoms with Crippen LogP contribution >= 0.6 is 0 Å². The van der Waals surface area contributed by atoms with Crippen LogP contribution in [0.25, 0.3) is 0 Å². The van der Waals surface area contributed by atoms with E-state index in [0.717, 1.165) is 18.8 Å². The molecule has 0 radical (unpaired) electrons. The number of methoxy groups -OCH3 is 1. The maximum absolute atomic E-state index is 12.5. The molecule has 24 heavy (non-hydrogen) atoms. The van der Waals surface area contributed by atoms with Gasteiger partial charge in [-0.3, -0.25) is 9.78 Å². The zero-order chi connectivity index (χ0) is 16.8. The molecule has 5 heteroatoms. The molecule has 0 aliphatic carbocycles. The lowest BCUT2D eigenvalue weighted by Crippen LogP contribution is -2.24. The molecule has 0 saturated carbocycles. The first kappa shape index (κ1) is 16.3. The van der Waals surface area contributed by atoms with E-state index >= 15 is 0 Å². The van der Waals surface area contributed by atoms with Gasteiger partial charge in [-0.25, -0.2) is 0 Å². The standard InChI is InChI=1S/C19H23N3O2/c1-24-18-9-5-4-8-16(18)21-19(23)17-14-15(10-11-20-17)22-12-6-2-3-7-13-22/h4-5,8-11,14H,2-3,6-7,12-13H2,1H3,(H,21,23). The molecule has 1 fully saturated rings. The summed E-state index contributed by atoms with van der Waals surface area (Å²) in [5, 5.41) is 2.88. The van der Waals surface area contributed by atoms with E-state index in [-0.39, 0.29) is 5.91 Å². The Bertz CT molecular complexity index is 695. The number of amides is 1. The molecule has 1 N–H and O–H groups in total. The third-order valence-corrected chi connectivity index (χ3v) is 4.30. The van der Waals surface area contributed by atoms with Crippen molar-refractivity contribution >= 4 is 17.3 Å². The number of anilines is 2. The highest BCUT2D eigenvalue weighted by molar-refractivity contribution is 6.04. The molecule has 1 saturated heterocycles. The molecule has 1 aliphatic rings. The summed E-state index contributed by atoms with van der Waals surface area (Å²) in [4.78, 5) is 19.1. The quantitative estimate of drug-likeness (QED) is 0.931. The number of pyridine rings is 1. The minimum absolute atomic E-state index is 0.226. The third-order valence-electron chi connectivity index (χ3n) is 4.30. The summed E-state index contributed by atoms with van der Waals surface area (Å²) < 4.78 is 5.27. The molecule has 126 valence electrons. The van der Waals surface area contributed by atoms with Crippen molar-refractivity contribution in [3.63, 3.8) is 0 Å². The van der Waals surface area contributed by atoms with Gasteiger partial charge < -0.3 is 15.0 Å². The molecule has 0 atom stereocenters. The van der Waals surface area contributed by atoms with E-state index in [0.29, 0.717) is 17.1 Å². The van der Waals surface area contributed by atoms with E-state index in [2.05, 4.69) is 15.2 Å². The number of carbonyl (C=O) groups is 1. The Balaban J connectivity index is 1.76. The van der Waals surface area contributed by atoms with Gasteiger partial charge in [0, 0.05) is 25.0 Å². The Morgan fingerprint density at radius 3 is 2.62 bits per heavy atom. The summed E-state index contributed by atoms with van der Waals surface area (Å²) in [5.74, 6) is 0.408. The maximum Gasteiger partial charge on any atom is 0.274 e. The zero-order valence-electron chi connectivity index (χ0n) is 14.0. The highest BCUT2D eigenvalue weighted by Gasteiger charge is 2.14. The highest BCUT2D eigenvalue weighted by Crippen LogP contribution is 2.24. The molecule has 0 unspecified atom stereocenters. The minimum Gasteiger partial charge on any atom is -0.495 e. The Morgan fingerprint density at radius 1 is 1.12 bits per heavy atom. The average molecular weight is 325 g/mol. The van der Waals surface area contributed by atoms with Crippen LogP contribution < -0.4 is 15.0 Å². The normalized spacial score (nSPS) is 14.8. The van der Waals surface area contributed by atoms with Gasteiger partial charge in [-0.15, -0.1) is 0 Å². The SMILES string of the molecule is COc1ccccc1NC(=O)c1cc(N2CCCCCC2)ccn1. The number of nitrogens with zero attached hydrogens (tertiary/aromatic N) is 2. The molecular formula is C19H23N3O2. The fourth-order valence-electron chi connectivity index (χ4n) is 3.00. The maximum atomic E-state index is 12.5. The molecule has 2 aromatic rings. The van der Waals surface area contributed by atoms with Crippen molar-refractivity contribution in [2.75, 3.05) is 30.4 Å². The first-order valence-electron chi connectivity index (χ1n) is 8.43. The molecule has 3 rings (SSSR count). The van der Waals surface area contributed by atoms with Gasteiger partial charge in [-0.2, -0.15) is 0 Å². The first-order valence-corrected chi connectivity index (χ1v) is 8.43. The van der Waals surface area contributed by atoms with Crippen LogP contribution in [0.4, 0.5) is 11.4 Å². The lowest BCUT2D eigenvalue weighted by Gasteiger charge is -2.22. The van der Waals surface area contributed by atoms with Crippen molar-refractivity contribution in [2.45, 2.75) is 25.7 Å². The van der Waals surface area contributed by atoms with Gasteiger partial charge in [0.05, 0.1) is 12.8 Å². The van der Waals surface area contributed by atoms with Crippen molar-refractivity contribution in [3.8, 4) is 5.75 Å². The Kier molecular flexibility index (Phi) is 5.31. The van der Waals surface area contributed by atoms with Gasteiger partial charge in [0.25, 0.3) is 5.91 Å². The number of nitrogens with one attached hydrogen (secondary N) is 1. The van der Waals surface area contributed by atoms with Gasteiger partial charge in [-0.05, 0) is 37.1 Å². The Labute approximate surface area is 142 Å². The molecular weight excluding hydrogens is 302 g/mol. The largest absolute Gasteiger partial charge is 0.495 e. The number of carbonyl (C=O) groups excluding carboxylic acids is 1. The number of benzene rings is 1. The number of ether oxygens (including phenoxy) is 1. The number of hydrogen-bond donors (Lipinski definition) is 1. The predicted molar refractivity (Wildman–Crippen MR) is 95.9 cm³/mol. The van der Waals surface area contributed by atoms with Crippen molar-refractivity contribution < 1.29 is 9.53 Å². The van der Waals surface area contributed by atoms with Crippen molar-refractivity contribution in [1.82, 2.24) is 4.98 Å². The molecule has 1 aliphatic heterocycles. The van der Waals surface area contributed by atoms with Crippen LogP contribution in [-0.2, 0) is 0 Å². The molecule has 1 amide bonds. The summed E-state index contributed by atoms with van der Waals surface area (Å²) in [7, 11) is 1.59. The second-order valence-electron chi connectivity index (χ2n) is 5.95. The van der Waals surface area contributed by atoms with Crippen molar-refractivity contribution in [2.24, 2.45) is 0 Å². The smallest absolute Gasteiger partial charge is 0.274 e. The summed E-state index contributed by atoms with van der Waals surface area (Å²) in [6.07, 6.45) is 6.67. The molecule has 1 aromatic heterocycles. The first-order chi connectivity index (χ1) is 11.8. The second-order valence-corrected chi connectivity index (χ2v) is 5.95. The fraction of sp³-hybridized carbons (Fsp3) is 0.368. The Hall–Kier alpha value is -2.56. The van der Waals surface area contributed by atoms with Crippen LogP contribution in [0, 0.1) is 0 Å². The molecule has 2 heterocycles. The predicted octanol–water partition coefficient (Wildman–Crippen LogP) is 3.72. The summed E-state index contributed by atoms with van der Waals surface area (Å²) in [6, 6.07) is 11.2. The van der Waals surface area contributed by atoms with Gasteiger partial charge in [0.1, 0.15) is 11.4 Å². The van der Waals surface area contributed by atoms with Gasteiger partial charge >= 0.3 is 0 Å². The van der Waals surface area contributed by atoms with E-state index in [1.807, 2.05) is 36.4 Å². The van der Waals surface area contributed by atoms with Gasteiger partial charge in [0.15, 0.2) is 0 Å². The number of aromatic nitrogens is 1. The fourth-order valence-corrected chi connectivity index (χ4v) is 3.00. The van der Waals surface area contributed by atoms with Crippen LogP contribution in [0.3, 0.4) is 0 Å². The minimum atomic E-state index is -0.226. The monoisotopic (exact) mass is 325 g/mol. The topological polar surface area (TPSA) is 54.5 Å². The van der Waals surface area contributed by atoms with E-state index < -0.39 is 0 Å². The van der Waals surface area contributed by atoms with Gasteiger partial charge in [-0.1, -0.05) is 25.0 Å². The summed E-state index contributed by atoms with van der Waals surface area (Å²) in [5.41, 5.74) is 2.13. The molecule has 5 nitrogen and oxygen atoms in total. The van der Waals surface area contributed by atoms with Crippen LogP contribution in [0.15, 0.2) is 42.6 Å².